The van der Waals surface area contributed by atoms with Gasteiger partial charge in [0.25, 0.3) is 0 Å². The summed E-state index contributed by atoms with van der Waals surface area (Å²) in [5, 5.41) is 0.894. The molecule has 0 saturated carbocycles. The second kappa shape index (κ2) is 8.78. The monoisotopic (exact) mass is 444 g/mol. The zero-order chi connectivity index (χ0) is 20.3. The van der Waals surface area contributed by atoms with Gasteiger partial charge >= 0.3 is 0 Å². The van der Waals surface area contributed by atoms with E-state index in [0.717, 1.165) is 11.6 Å². The van der Waals surface area contributed by atoms with Crippen molar-refractivity contribution in [3.63, 3.8) is 0 Å². The van der Waals surface area contributed by atoms with Gasteiger partial charge in [-0.3, -0.25) is 4.79 Å². The Kier molecular flexibility index (Phi) is 6.60. The maximum absolute atomic E-state index is 13.4. The average Bonchev–Trinajstić information content (AvgIpc) is 2.69. The Hall–Kier alpha value is -1.67. The number of carbonyl (C=O) groups excluding carboxylic acids is 1. The molecule has 1 amide bonds. The number of hydrogen-bond acceptors (Lipinski definition) is 3. The van der Waals surface area contributed by atoms with Crippen LogP contribution in [0, 0.1) is 5.82 Å². The Bertz CT molecular complexity index is 977. The molecule has 0 bridgehead atoms. The Labute approximate surface area is 173 Å². The lowest BCUT2D eigenvalue weighted by molar-refractivity contribution is -0.132. The van der Waals surface area contributed by atoms with Crippen LogP contribution in [-0.2, 0) is 21.2 Å². The summed E-state index contributed by atoms with van der Waals surface area (Å²) in [7, 11) is -3.78. The topological polar surface area (TPSA) is 57.7 Å². The molecule has 1 fully saturated rings. The molecule has 2 aromatic rings. The number of rotatable bonds is 5. The first-order valence-electron chi connectivity index (χ1n) is 8.75. The van der Waals surface area contributed by atoms with E-state index in [0.29, 0.717) is 16.5 Å². The molecule has 5 nitrogen and oxygen atoms in total. The van der Waals surface area contributed by atoms with E-state index < -0.39 is 15.8 Å². The number of aryl methyl sites for hydroxylation is 1. The van der Waals surface area contributed by atoms with Crippen molar-refractivity contribution >= 4 is 39.1 Å². The van der Waals surface area contributed by atoms with E-state index in [1.54, 1.807) is 17.0 Å². The minimum absolute atomic E-state index is 0.0705. The van der Waals surface area contributed by atoms with Crippen molar-refractivity contribution in [1.29, 1.82) is 0 Å². The largest absolute Gasteiger partial charge is 0.340 e. The van der Waals surface area contributed by atoms with Crippen molar-refractivity contribution in [2.24, 2.45) is 0 Å². The highest BCUT2D eigenvalue weighted by Gasteiger charge is 2.30. The second-order valence-electron chi connectivity index (χ2n) is 6.46. The molecule has 0 aromatic heterocycles. The average molecular weight is 445 g/mol. The first-order chi connectivity index (χ1) is 13.3. The minimum atomic E-state index is -3.78. The van der Waals surface area contributed by atoms with Crippen molar-refractivity contribution in [3.05, 3.63) is 63.9 Å². The van der Waals surface area contributed by atoms with E-state index in [9.17, 15) is 17.6 Å². The van der Waals surface area contributed by atoms with Gasteiger partial charge in [0.1, 0.15) is 5.82 Å². The number of amides is 1. The van der Waals surface area contributed by atoms with Crippen molar-refractivity contribution in [2.45, 2.75) is 17.7 Å². The first-order valence-corrected chi connectivity index (χ1v) is 10.9. The quantitative estimate of drug-likeness (QED) is 0.707. The highest BCUT2D eigenvalue weighted by molar-refractivity contribution is 7.89. The van der Waals surface area contributed by atoms with Crippen LogP contribution in [0.5, 0.6) is 0 Å². The zero-order valence-corrected chi connectivity index (χ0v) is 17.3. The molecule has 0 atom stereocenters. The Morgan fingerprint density at radius 1 is 1.04 bits per heavy atom. The Morgan fingerprint density at radius 3 is 2.39 bits per heavy atom. The number of benzene rings is 2. The van der Waals surface area contributed by atoms with Crippen molar-refractivity contribution < 1.29 is 17.6 Å². The number of carbonyl (C=O) groups is 1. The maximum atomic E-state index is 13.4. The molecule has 28 heavy (non-hydrogen) atoms. The molecule has 0 unspecified atom stereocenters. The van der Waals surface area contributed by atoms with Gasteiger partial charge in [0.05, 0.1) is 14.9 Å². The molecule has 150 valence electrons. The molecular weight excluding hydrogens is 426 g/mol. The fraction of sp³-hybridized carbons (Fsp3) is 0.316. The van der Waals surface area contributed by atoms with Gasteiger partial charge in [0, 0.05) is 32.6 Å². The Morgan fingerprint density at radius 2 is 1.71 bits per heavy atom. The molecule has 0 radical (unpaired) electrons. The number of halogens is 3. The lowest BCUT2D eigenvalue weighted by Crippen LogP contribution is -2.50. The predicted molar refractivity (Wildman–Crippen MR) is 107 cm³/mol. The molecule has 1 aliphatic heterocycles. The van der Waals surface area contributed by atoms with Gasteiger partial charge in [0.15, 0.2) is 0 Å². The van der Waals surface area contributed by atoms with E-state index in [4.69, 9.17) is 23.2 Å². The molecule has 2 aromatic carbocycles. The summed E-state index contributed by atoms with van der Waals surface area (Å²) in [6, 6.07) is 10.2. The summed E-state index contributed by atoms with van der Waals surface area (Å²) in [6.07, 6.45) is 0.719. The van der Waals surface area contributed by atoms with E-state index >= 15 is 0 Å². The lowest BCUT2D eigenvalue weighted by atomic mass is 10.1. The molecular formula is C19H19Cl2FN2O3S. The van der Waals surface area contributed by atoms with Gasteiger partial charge in [-0.05, 0) is 36.2 Å². The zero-order valence-electron chi connectivity index (χ0n) is 14.9. The molecule has 1 heterocycles. The Balaban J connectivity index is 1.57. The van der Waals surface area contributed by atoms with E-state index in [2.05, 4.69) is 0 Å². The smallest absolute Gasteiger partial charge is 0.243 e. The van der Waals surface area contributed by atoms with Crippen LogP contribution in [-0.4, -0.2) is 49.7 Å². The SMILES string of the molecule is O=C(CCc1cccc(Cl)c1Cl)N1CCN(S(=O)(=O)c2cccc(F)c2)CC1. The summed E-state index contributed by atoms with van der Waals surface area (Å²) in [6.45, 7) is 0.915. The second-order valence-corrected chi connectivity index (χ2v) is 9.18. The minimum Gasteiger partial charge on any atom is -0.340 e. The van der Waals surface area contributed by atoms with Crippen molar-refractivity contribution in [1.82, 2.24) is 9.21 Å². The van der Waals surface area contributed by atoms with Crippen LogP contribution >= 0.6 is 23.2 Å². The maximum Gasteiger partial charge on any atom is 0.243 e. The van der Waals surface area contributed by atoms with Crippen molar-refractivity contribution in [2.75, 3.05) is 26.2 Å². The van der Waals surface area contributed by atoms with Crippen LogP contribution in [0.15, 0.2) is 47.4 Å². The third-order valence-corrected chi connectivity index (χ3v) is 7.42. The van der Waals surface area contributed by atoms with Gasteiger partial charge in [-0.2, -0.15) is 4.31 Å². The summed E-state index contributed by atoms with van der Waals surface area (Å²) in [4.78, 5) is 14.0. The number of nitrogens with zero attached hydrogens (tertiary/aromatic N) is 2. The standard InChI is InChI=1S/C19H19Cl2FN2O3S/c20-17-6-1-3-14(19(17)21)7-8-18(25)23-9-11-24(12-10-23)28(26,27)16-5-2-4-15(22)13-16/h1-6,13H,7-12H2. The molecule has 0 spiro atoms. The molecule has 9 heteroatoms. The van der Waals surface area contributed by atoms with Crippen LogP contribution in [0.4, 0.5) is 4.39 Å². The molecule has 1 saturated heterocycles. The van der Waals surface area contributed by atoms with Crippen LogP contribution in [0.3, 0.4) is 0 Å². The van der Waals surface area contributed by atoms with Crippen LogP contribution in [0.2, 0.25) is 10.0 Å². The number of hydrogen-bond donors (Lipinski definition) is 0. The lowest BCUT2D eigenvalue weighted by Gasteiger charge is -2.34. The number of sulfonamides is 1. The fourth-order valence-corrected chi connectivity index (χ4v) is 4.96. The van der Waals surface area contributed by atoms with Crippen molar-refractivity contribution in [3.8, 4) is 0 Å². The summed E-state index contributed by atoms with van der Waals surface area (Å²) < 4.78 is 39.9. The van der Waals surface area contributed by atoms with Gasteiger partial charge in [0.2, 0.25) is 15.9 Å². The summed E-state index contributed by atoms with van der Waals surface area (Å²) >= 11 is 12.1. The van der Waals surface area contributed by atoms with E-state index in [-0.39, 0.29) is 43.4 Å². The normalized spacial score (nSPS) is 15.6. The fourth-order valence-electron chi connectivity index (χ4n) is 3.10. The van der Waals surface area contributed by atoms with E-state index in [1.165, 1.54) is 22.5 Å². The van der Waals surface area contributed by atoms with Gasteiger partial charge < -0.3 is 4.90 Å². The number of piperazine rings is 1. The molecule has 0 aliphatic carbocycles. The third kappa shape index (κ3) is 4.66. The van der Waals surface area contributed by atoms with Gasteiger partial charge in [-0.15, -0.1) is 0 Å². The highest BCUT2D eigenvalue weighted by Crippen LogP contribution is 2.26. The van der Waals surface area contributed by atoms with Crippen LogP contribution in [0.1, 0.15) is 12.0 Å². The van der Waals surface area contributed by atoms with Crippen LogP contribution in [0.25, 0.3) is 0 Å². The highest BCUT2D eigenvalue weighted by atomic mass is 35.5. The van der Waals surface area contributed by atoms with Gasteiger partial charge in [-0.25, -0.2) is 12.8 Å². The molecule has 1 aliphatic rings. The third-order valence-electron chi connectivity index (χ3n) is 4.66. The van der Waals surface area contributed by atoms with Crippen LogP contribution < -0.4 is 0 Å². The van der Waals surface area contributed by atoms with Gasteiger partial charge in [-0.1, -0.05) is 41.4 Å². The summed E-state index contributed by atoms with van der Waals surface area (Å²) in [5.74, 6) is -0.673. The summed E-state index contributed by atoms with van der Waals surface area (Å²) in [5.41, 5.74) is 0.801. The molecule has 3 rings (SSSR count). The van der Waals surface area contributed by atoms with E-state index in [1.807, 2.05) is 6.07 Å². The molecule has 0 N–H and O–H groups in total. The first kappa shape index (κ1) is 21.0. The predicted octanol–water partition coefficient (Wildman–Crippen LogP) is 3.60.